The number of rotatable bonds is 3. The Morgan fingerprint density at radius 2 is 2.32 bits per heavy atom. The third kappa shape index (κ3) is 2.40. The monoisotopic (exact) mass is 279 g/mol. The zero-order valence-electron chi connectivity index (χ0n) is 10.4. The molecule has 1 aromatic rings. The molecule has 0 saturated carbocycles. The van der Waals surface area contributed by atoms with Crippen LogP contribution in [0.1, 0.15) is 12.5 Å². The Balaban J connectivity index is 1.79. The highest BCUT2D eigenvalue weighted by molar-refractivity contribution is 8.14. The summed E-state index contributed by atoms with van der Waals surface area (Å²) in [7, 11) is 0. The lowest BCUT2D eigenvalue weighted by Crippen LogP contribution is -2.21. The van der Waals surface area contributed by atoms with Crippen LogP contribution in [0, 0.1) is 0 Å². The fourth-order valence-corrected chi connectivity index (χ4v) is 2.94. The topological polar surface area (TPSA) is 57.1 Å². The van der Waals surface area contributed by atoms with Crippen molar-refractivity contribution >= 4 is 22.8 Å². The molecule has 0 unspecified atom stereocenters. The summed E-state index contributed by atoms with van der Waals surface area (Å²) in [4.78, 5) is 16.0. The molecule has 0 radical (unpaired) electrons. The maximum absolute atomic E-state index is 11.6. The summed E-state index contributed by atoms with van der Waals surface area (Å²) in [6.07, 6.45) is 0. The van der Waals surface area contributed by atoms with Crippen LogP contribution in [0.5, 0.6) is 11.5 Å². The maximum Gasteiger partial charge on any atom is 0.331 e. The Morgan fingerprint density at radius 1 is 1.47 bits per heavy atom. The van der Waals surface area contributed by atoms with Gasteiger partial charge in [-0.15, -0.1) is 11.8 Å². The van der Waals surface area contributed by atoms with E-state index in [-0.39, 0.29) is 12.8 Å². The molecule has 0 spiro atoms. The van der Waals surface area contributed by atoms with Crippen molar-refractivity contribution in [3.05, 3.63) is 23.8 Å². The number of hydrogen-bond donors (Lipinski definition) is 0. The number of thioether (sulfide) groups is 1. The average Bonchev–Trinajstić information content (AvgIpc) is 3.07. The van der Waals surface area contributed by atoms with Crippen molar-refractivity contribution in [2.45, 2.75) is 13.0 Å². The van der Waals surface area contributed by atoms with E-state index in [2.05, 4.69) is 4.99 Å². The van der Waals surface area contributed by atoms with E-state index >= 15 is 0 Å². The standard InChI is InChI=1S/C13H13NO4S/c1-2-16-13(15)9-6-19-12(14-9)8-3-4-10-11(5-8)18-7-17-10/h3-5,9H,2,6-7H2,1H3/t9-/m0/s1. The molecule has 0 saturated heterocycles. The molecule has 3 rings (SSSR count). The Morgan fingerprint density at radius 3 is 3.16 bits per heavy atom. The van der Waals surface area contributed by atoms with Gasteiger partial charge in [-0.05, 0) is 25.1 Å². The Hall–Kier alpha value is -1.69. The van der Waals surface area contributed by atoms with Crippen molar-refractivity contribution < 1.29 is 19.0 Å². The second-order valence-electron chi connectivity index (χ2n) is 4.08. The largest absolute Gasteiger partial charge is 0.464 e. The van der Waals surface area contributed by atoms with E-state index in [1.807, 2.05) is 18.2 Å². The molecule has 1 aromatic carbocycles. The van der Waals surface area contributed by atoms with Gasteiger partial charge in [-0.1, -0.05) is 0 Å². The van der Waals surface area contributed by atoms with Crippen LogP contribution in [0.4, 0.5) is 0 Å². The van der Waals surface area contributed by atoms with Crippen molar-refractivity contribution in [1.82, 2.24) is 0 Å². The van der Waals surface area contributed by atoms with Gasteiger partial charge in [-0.2, -0.15) is 0 Å². The summed E-state index contributed by atoms with van der Waals surface area (Å²) < 4.78 is 15.6. The zero-order chi connectivity index (χ0) is 13.2. The van der Waals surface area contributed by atoms with Crippen LogP contribution in [-0.2, 0) is 9.53 Å². The molecule has 1 atom stereocenters. The summed E-state index contributed by atoms with van der Waals surface area (Å²) in [6, 6.07) is 5.28. The van der Waals surface area contributed by atoms with Crippen molar-refractivity contribution in [3.8, 4) is 11.5 Å². The van der Waals surface area contributed by atoms with E-state index in [0.717, 1.165) is 22.1 Å². The minimum absolute atomic E-state index is 0.254. The quantitative estimate of drug-likeness (QED) is 0.790. The number of fused-ring (bicyclic) bond motifs is 1. The van der Waals surface area contributed by atoms with Gasteiger partial charge in [0.05, 0.1) is 11.7 Å². The highest BCUT2D eigenvalue weighted by Gasteiger charge is 2.27. The number of ether oxygens (including phenoxy) is 3. The predicted molar refractivity (Wildman–Crippen MR) is 72.0 cm³/mol. The molecule has 6 heteroatoms. The molecule has 5 nitrogen and oxygen atoms in total. The number of carbonyl (C=O) groups excluding carboxylic acids is 1. The van der Waals surface area contributed by atoms with Gasteiger partial charge in [0, 0.05) is 11.3 Å². The first kappa shape index (κ1) is 12.3. The smallest absolute Gasteiger partial charge is 0.331 e. The van der Waals surface area contributed by atoms with Crippen molar-refractivity contribution in [2.75, 3.05) is 19.2 Å². The summed E-state index contributed by atoms with van der Waals surface area (Å²) in [6.45, 7) is 2.43. The molecule has 100 valence electrons. The molecule has 0 aromatic heterocycles. The van der Waals surface area contributed by atoms with Crippen LogP contribution in [0.15, 0.2) is 23.2 Å². The zero-order valence-corrected chi connectivity index (χ0v) is 11.2. The minimum Gasteiger partial charge on any atom is -0.464 e. The lowest BCUT2D eigenvalue weighted by molar-refractivity contribution is -0.143. The molecule has 0 amide bonds. The van der Waals surface area contributed by atoms with E-state index in [1.165, 1.54) is 0 Å². The molecular weight excluding hydrogens is 266 g/mol. The van der Waals surface area contributed by atoms with Crippen molar-refractivity contribution in [3.63, 3.8) is 0 Å². The van der Waals surface area contributed by atoms with Gasteiger partial charge in [-0.25, -0.2) is 4.79 Å². The summed E-state index contributed by atoms with van der Waals surface area (Å²) >= 11 is 1.56. The number of esters is 1. The van der Waals surface area contributed by atoms with Gasteiger partial charge in [0.1, 0.15) is 0 Å². The van der Waals surface area contributed by atoms with Gasteiger partial charge in [0.25, 0.3) is 0 Å². The highest BCUT2D eigenvalue weighted by Crippen LogP contribution is 2.35. The lowest BCUT2D eigenvalue weighted by atomic mass is 10.2. The van der Waals surface area contributed by atoms with Crippen molar-refractivity contribution in [1.29, 1.82) is 0 Å². The third-order valence-corrected chi connectivity index (χ3v) is 3.93. The highest BCUT2D eigenvalue weighted by atomic mass is 32.2. The number of aliphatic imine (C=N–C) groups is 1. The average molecular weight is 279 g/mol. The molecule has 0 fully saturated rings. The van der Waals surface area contributed by atoms with Crippen LogP contribution in [0.3, 0.4) is 0 Å². The number of nitrogens with zero attached hydrogens (tertiary/aromatic N) is 1. The minimum atomic E-state index is -0.398. The summed E-state index contributed by atoms with van der Waals surface area (Å²) in [5.41, 5.74) is 0.945. The molecule has 2 aliphatic heterocycles. The first-order valence-corrected chi connectivity index (χ1v) is 7.03. The van der Waals surface area contributed by atoms with Crippen LogP contribution in [0.25, 0.3) is 0 Å². The predicted octanol–water partition coefficient (Wildman–Crippen LogP) is 1.84. The second-order valence-corrected chi connectivity index (χ2v) is 5.09. The van der Waals surface area contributed by atoms with E-state index in [0.29, 0.717) is 12.4 Å². The SMILES string of the molecule is CCOC(=O)[C@@H]1CSC(c2ccc3c(c2)OCO3)=N1. The fraction of sp³-hybridized carbons (Fsp3) is 0.385. The molecule has 19 heavy (non-hydrogen) atoms. The first-order valence-electron chi connectivity index (χ1n) is 6.05. The Bertz CT molecular complexity index is 543. The molecule has 0 N–H and O–H groups in total. The molecule has 0 aliphatic carbocycles. The van der Waals surface area contributed by atoms with Crippen LogP contribution in [-0.4, -0.2) is 36.2 Å². The third-order valence-electron chi connectivity index (χ3n) is 2.83. The molecule has 2 aliphatic rings. The molecular formula is C13H13NO4S. The normalized spacial score (nSPS) is 20.3. The number of carbonyl (C=O) groups is 1. The first-order chi connectivity index (χ1) is 9.28. The number of hydrogen-bond acceptors (Lipinski definition) is 6. The van der Waals surface area contributed by atoms with Crippen LogP contribution >= 0.6 is 11.8 Å². The molecule has 2 heterocycles. The lowest BCUT2D eigenvalue weighted by Gasteiger charge is -2.03. The van der Waals surface area contributed by atoms with Gasteiger partial charge < -0.3 is 14.2 Å². The van der Waals surface area contributed by atoms with E-state index in [1.54, 1.807) is 18.7 Å². The van der Waals surface area contributed by atoms with Crippen LogP contribution < -0.4 is 9.47 Å². The van der Waals surface area contributed by atoms with Gasteiger partial charge in [-0.3, -0.25) is 4.99 Å². The summed E-state index contributed by atoms with van der Waals surface area (Å²) in [5.74, 6) is 1.84. The van der Waals surface area contributed by atoms with E-state index < -0.39 is 6.04 Å². The van der Waals surface area contributed by atoms with Crippen LogP contribution in [0.2, 0.25) is 0 Å². The van der Waals surface area contributed by atoms with E-state index in [4.69, 9.17) is 14.2 Å². The van der Waals surface area contributed by atoms with Gasteiger partial charge in [0.15, 0.2) is 17.5 Å². The van der Waals surface area contributed by atoms with E-state index in [9.17, 15) is 4.79 Å². The molecule has 0 bridgehead atoms. The van der Waals surface area contributed by atoms with Gasteiger partial charge in [0.2, 0.25) is 6.79 Å². The fourth-order valence-electron chi connectivity index (χ4n) is 1.92. The second kappa shape index (κ2) is 5.13. The Labute approximate surface area is 114 Å². The van der Waals surface area contributed by atoms with Crippen molar-refractivity contribution in [2.24, 2.45) is 4.99 Å². The summed E-state index contributed by atoms with van der Waals surface area (Å²) in [5, 5.41) is 0.844. The number of benzene rings is 1. The van der Waals surface area contributed by atoms with Gasteiger partial charge >= 0.3 is 5.97 Å². The maximum atomic E-state index is 11.6. The Kier molecular flexibility index (Phi) is 3.33.